The average molecular weight is 463 g/mol. The van der Waals surface area contributed by atoms with Crippen molar-refractivity contribution in [3.05, 3.63) is 64.7 Å². The Bertz CT molecular complexity index is 1000. The van der Waals surface area contributed by atoms with Crippen LogP contribution in [0.1, 0.15) is 65.6 Å². The van der Waals surface area contributed by atoms with E-state index in [9.17, 15) is 4.79 Å². The molecule has 0 radical (unpaired) electrons. The Morgan fingerprint density at radius 2 is 1.56 bits per heavy atom. The van der Waals surface area contributed by atoms with E-state index in [0.29, 0.717) is 18.8 Å². The number of benzene rings is 2. The van der Waals surface area contributed by atoms with Crippen LogP contribution in [0, 0.1) is 17.8 Å². The first-order chi connectivity index (χ1) is 16.5. The van der Waals surface area contributed by atoms with E-state index >= 15 is 0 Å². The molecule has 6 rings (SSSR count). The summed E-state index contributed by atoms with van der Waals surface area (Å²) in [6.45, 7) is 1.31. The van der Waals surface area contributed by atoms with E-state index in [1.54, 1.807) is 19.2 Å². The van der Waals surface area contributed by atoms with Crippen molar-refractivity contribution in [2.24, 2.45) is 17.8 Å². The Balaban J connectivity index is 1.40. The van der Waals surface area contributed by atoms with E-state index < -0.39 is 5.97 Å². The Kier molecular flexibility index (Phi) is 6.75. The van der Waals surface area contributed by atoms with Gasteiger partial charge < -0.3 is 19.3 Å². The van der Waals surface area contributed by atoms with Gasteiger partial charge in [0.2, 0.25) is 0 Å². The van der Waals surface area contributed by atoms with Gasteiger partial charge in [0.1, 0.15) is 5.75 Å². The minimum Gasteiger partial charge on any atom is -0.478 e. The largest absolute Gasteiger partial charge is 0.478 e. The maximum atomic E-state index is 11.1. The molecule has 0 amide bonds. The number of methoxy groups -OCH3 is 1. The van der Waals surface area contributed by atoms with Crippen LogP contribution in [-0.2, 0) is 14.9 Å². The number of aromatic carboxylic acids is 1. The molecule has 0 saturated heterocycles. The van der Waals surface area contributed by atoms with Gasteiger partial charge in [-0.2, -0.15) is 0 Å². The van der Waals surface area contributed by atoms with Crippen molar-refractivity contribution in [1.29, 1.82) is 0 Å². The van der Waals surface area contributed by atoms with Crippen LogP contribution in [0.25, 0.3) is 12.2 Å². The third kappa shape index (κ3) is 4.91. The highest BCUT2D eigenvalue weighted by atomic mass is 16.7. The van der Waals surface area contributed by atoms with Crippen LogP contribution in [0.5, 0.6) is 5.75 Å². The third-order valence-corrected chi connectivity index (χ3v) is 7.97. The lowest BCUT2D eigenvalue weighted by atomic mass is 9.48. The molecule has 4 saturated carbocycles. The standard InChI is InChI=1S/C29H34O5/c1-32-10-11-33-19-34-27-9-6-21(3-2-20-4-7-25(8-5-20)28(30)31)15-26(27)29-16-22-12-23(17-29)14-24(13-22)18-29/h2-9,15,22-24H,10-14,16-19H2,1H3,(H,30,31)/b3-2+. The second kappa shape index (κ2) is 9.93. The lowest BCUT2D eigenvalue weighted by Crippen LogP contribution is -2.48. The molecular formula is C29H34O5. The number of ether oxygens (including phenoxy) is 3. The minimum atomic E-state index is -0.905. The van der Waals surface area contributed by atoms with E-state index in [0.717, 1.165) is 34.6 Å². The molecule has 180 valence electrons. The fraction of sp³-hybridized carbons (Fsp3) is 0.483. The van der Waals surface area contributed by atoms with Crippen LogP contribution >= 0.6 is 0 Å². The zero-order valence-corrected chi connectivity index (χ0v) is 19.9. The van der Waals surface area contributed by atoms with Gasteiger partial charge in [0, 0.05) is 12.7 Å². The summed E-state index contributed by atoms with van der Waals surface area (Å²) in [5.41, 5.74) is 3.97. The zero-order valence-electron chi connectivity index (χ0n) is 19.9. The summed E-state index contributed by atoms with van der Waals surface area (Å²) in [6.07, 6.45) is 12.2. The van der Waals surface area contributed by atoms with E-state index in [2.05, 4.69) is 24.3 Å². The summed E-state index contributed by atoms with van der Waals surface area (Å²) in [4.78, 5) is 11.1. The van der Waals surface area contributed by atoms with Gasteiger partial charge in [0.15, 0.2) is 6.79 Å². The molecule has 0 atom stereocenters. The molecule has 5 heteroatoms. The maximum absolute atomic E-state index is 11.1. The first kappa shape index (κ1) is 23.1. The van der Waals surface area contributed by atoms with Crippen LogP contribution in [-0.4, -0.2) is 38.2 Å². The van der Waals surface area contributed by atoms with Crippen molar-refractivity contribution >= 4 is 18.1 Å². The van der Waals surface area contributed by atoms with Gasteiger partial charge in [0.05, 0.1) is 18.8 Å². The molecule has 4 fully saturated rings. The fourth-order valence-corrected chi connectivity index (χ4v) is 6.87. The molecule has 0 aliphatic heterocycles. The number of hydrogen-bond acceptors (Lipinski definition) is 4. The van der Waals surface area contributed by atoms with E-state index in [1.165, 1.54) is 44.1 Å². The highest BCUT2D eigenvalue weighted by molar-refractivity contribution is 5.88. The van der Waals surface area contributed by atoms with Gasteiger partial charge in [-0.05, 0) is 97.1 Å². The zero-order chi connectivity index (χ0) is 23.5. The maximum Gasteiger partial charge on any atom is 0.335 e. The molecule has 4 aliphatic carbocycles. The van der Waals surface area contributed by atoms with Crippen molar-refractivity contribution in [2.75, 3.05) is 27.1 Å². The Morgan fingerprint density at radius 1 is 0.941 bits per heavy atom. The first-order valence-corrected chi connectivity index (χ1v) is 12.4. The number of carboxylic acids is 1. The summed E-state index contributed by atoms with van der Waals surface area (Å²) in [6, 6.07) is 13.5. The van der Waals surface area contributed by atoms with Crippen LogP contribution in [0.3, 0.4) is 0 Å². The normalized spacial score (nSPS) is 27.4. The lowest BCUT2D eigenvalue weighted by molar-refractivity contribution is -0.0189. The molecule has 1 N–H and O–H groups in total. The predicted octanol–water partition coefficient (Wildman–Crippen LogP) is 6.02. The van der Waals surface area contributed by atoms with Crippen molar-refractivity contribution in [2.45, 2.75) is 43.9 Å². The topological polar surface area (TPSA) is 65.0 Å². The number of hydrogen-bond donors (Lipinski definition) is 1. The number of carboxylic acid groups (broad SMARTS) is 1. The van der Waals surface area contributed by atoms with Gasteiger partial charge in [-0.25, -0.2) is 4.79 Å². The Hall–Kier alpha value is -2.63. The molecule has 2 aromatic carbocycles. The summed E-state index contributed by atoms with van der Waals surface area (Å²) >= 11 is 0. The SMILES string of the molecule is COCCOCOc1ccc(/C=C/c2ccc(C(=O)O)cc2)cc1C12CC3CC(CC(C3)C1)C2. The second-order valence-corrected chi connectivity index (χ2v) is 10.4. The number of carbonyl (C=O) groups is 1. The van der Waals surface area contributed by atoms with Gasteiger partial charge in [0.25, 0.3) is 0 Å². The predicted molar refractivity (Wildman–Crippen MR) is 132 cm³/mol. The van der Waals surface area contributed by atoms with Crippen molar-refractivity contribution in [3.8, 4) is 5.75 Å². The van der Waals surface area contributed by atoms with Gasteiger partial charge in [-0.3, -0.25) is 0 Å². The van der Waals surface area contributed by atoms with Crippen molar-refractivity contribution in [1.82, 2.24) is 0 Å². The smallest absolute Gasteiger partial charge is 0.335 e. The fourth-order valence-electron chi connectivity index (χ4n) is 6.87. The molecule has 0 spiro atoms. The van der Waals surface area contributed by atoms with E-state index in [-0.39, 0.29) is 12.2 Å². The minimum absolute atomic E-state index is 0.212. The highest BCUT2D eigenvalue weighted by Crippen LogP contribution is 2.62. The summed E-state index contributed by atoms with van der Waals surface area (Å²) in [5, 5.41) is 9.12. The highest BCUT2D eigenvalue weighted by Gasteiger charge is 2.52. The molecule has 34 heavy (non-hydrogen) atoms. The molecule has 4 bridgehead atoms. The molecule has 0 unspecified atom stereocenters. The Labute approximate surface area is 201 Å². The van der Waals surface area contributed by atoms with Crippen LogP contribution < -0.4 is 4.74 Å². The molecule has 2 aromatic rings. The monoisotopic (exact) mass is 462 g/mol. The molecule has 4 aliphatic rings. The van der Waals surface area contributed by atoms with Crippen LogP contribution in [0.2, 0.25) is 0 Å². The molecular weight excluding hydrogens is 428 g/mol. The van der Waals surface area contributed by atoms with Gasteiger partial charge in [-0.15, -0.1) is 0 Å². The van der Waals surface area contributed by atoms with Crippen molar-refractivity contribution < 1.29 is 24.1 Å². The Morgan fingerprint density at radius 3 is 2.18 bits per heavy atom. The molecule has 0 heterocycles. The van der Waals surface area contributed by atoms with Crippen molar-refractivity contribution in [3.63, 3.8) is 0 Å². The van der Waals surface area contributed by atoms with Crippen LogP contribution in [0.15, 0.2) is 42.5 Å². The molecule has 5 nitrogen and oxygen atoms in total. The average Bonchev–Trinajstić information content (AvgIpc) is 2.82. The third-order valence-electron chi connectivity index (χ3n) is 7.97. The molecule has 0 aromatic heterocycles. The quantitative estimate of drug-likeness (QED) is 0.266. The second-order valence-electron chi connectivity index (χ2n) is 10.4. The van der Waals surface area contributed by atoms with E-state index in [4.69, 9.17) is 19.3 Å². The summed E-state index contributed by atoms with van der Waals surface area (Å²) in [5.74, 6) is 2.59. The first-order valence-electron chi connectivity index (χ1n) is 12.4. The summed E-state index contributed by atoms with van der Waals surface area (Å²) in [7, 11) is 1.67. The summed E-state index contributed by atoms with van der Waals surface area (Å²) < 4.78 is 16.8. The number of rotatable bonds is 10. The lowest BCUT2D eigenvalue weighted by Gasteiger charge is -2.57. The van der Waals surface area contributed by atoms with Gasteiger partial charge in [-0.1, -0.05) is 30.4 Å². The van der Waals surface area contributed by atoms with E-state index in [1.807, 2.05) is 18.2 Å². The van der Waals surface area contributed by atoms with Gasteiger partial charge >= 0.3 is 5.97 Å². The van der Waals surface area contributed by atoms with Crippen LogP contribution in [0.4, 0.5) is 0 Å².